The molecule has 0 spiro atoms. The second-order valence-electron chi connectivity index (χ2n) is 10.3. The molecule has 0 aliphatic rings. The van der Waals surface area contributed by atoms with Gasteiger partial charge in [-0.3, -0.25) is 0 Å². The summed E-state index contributed by atoms with van der Waals surface area (Å²) in [5.74, 6) is 0. The summed E-state index contributed by atoms with van der Waals surface area (Å²) in [6, 6.07) is 0. The van der Waals surface area contributed by atoms with Gasteiger partial charge in [0.25, 0.3) is 0 Å². The standard InChI is InChI=1S/C19H42P2.2ClH.Co/c1-16(2,3)20(17(4,5)6)14-13-15-21(18(7,8)9)19(10,11)12;;;/h13-15H2,1-12H3;2*1H;/q;;;+2/p-2. The van der Waals surface area contributed by atoms with E-state index in [-0.39, 0.29) is 57.4 Å². The molecule has 0 aliphatic carbocycles. The number of halogens is 2. The molecule has 1 radical (unpaired) electrons. The van der Waals surface area contributed by atoms with Crippen LogP contribution in [0.15, 0.2) is 0 Å². The van der Waals surface area contributed by atoms with Crippen LogP contribution in [0.25, 0.3) is 0 Å². The maximum absolute atomic E-state index is 2.44. The number of hydrogen-bond donors (Lipinski definition) is 0. The molecule has 0 aromatic rings. The molecule has 0 N–H and O–H groups in total. The quantitative estimate of drug-likeness (QED) is 0.557. The monoisotopic (exact) mass is 461 g/mol. The zero-order valence-corrected chi connectivity index (χ0v) is 22.4. The van der Waals surface area contributed by atoms with Gasteiger partial charge < -0.3 is 24.8 Å². The Balaban J connectivity index is -0.000000667. The van der Waals surface area contributed by atoms with Crippen molar-refractivity contribution in [2.45, 2.75) is 110 Å². The van der Waals surface area contributed by atoms with Crippen LogP contribution in [-0.2, 0) is 16.8 Å². The van der Waals surface area contributed by atoms with Gasteiger partial charge in [-0.2, -0.15) is 0 Å². The van der Waals surface area contributed by atoms with Crippen LogP contribution >= 0.6 is 15.8 Å². The van der Waals surface area contributed by atoms with Crippen LogP contribution < -0.4 is 24.8 Å². The summed E-state index contributed by atoms with van der Waals surface area (Å²) in [5, 5.41) is 1.89. The second-order valence-corrected chi connectivity index (χ2v) is 18.3. The third kappa shape index (κ3) is 12.4. The van der Waals surface area contributed by atoms with E-state index in [9.17, 15) is 0 Å². The summed E-state index contributed by atoms with van der Waals surface area (Å²) in [6.45, 7) is 29.3. The summed E-state index contributed by atoms with van der Waals surface area (Å²) >= 11 is 0. The Morgan fingerprint density at radius 3 is 0.750 bits per heavy atom. The smallest absolute Gasteiger partial charge is 1.00 e. The fourth-order valence-electron chi connectivity index (χ4n) is 3.74. The summed E-state index contributed by atoms with van der Waals surface area (Å²) < 4.78 is 0. The predicted octanol–water partition coefficient (Wildman–Crippen LogP) is 1.54. The molecular weight excluding hydrogens is 420 g/mol. The van der Waals surface area contributed by atoms with Crippen LogP contribution in [-0.4, -0.2) is 32.9 Å². The molecule has 0 atom stereocenters. The molecule has 0 nitrogen and oxygen atoms in total. The molecule has 0 amide bonds. The summed E-state index contributed by atoms with van der Waals surface area (Å²) in [7, 11) is 0.130. The molecule has 0 saturated heterocycles. The number of hydrogen-bond acceptors (Lipinski definition) is 0. The number of rotatable bonds is 4. The van der Waals surface area contributed by atoms with Gasteiger partial charge in [0, 0.05) is 0 Å². The molecule has 0 aliphatic heterocycles. The third-order valence-corrected chi connectivity index (χ3v) is 12.0. The fourth-order valence-corrected chi connectivity index (χ4v) is 11.6. The minimum Gasteiger partial charge on any atom is -1.00 e. The maximum atomic E-state index is 2.44. The van der Waals surface area contributed by atoms with Gasteiger partial charge >= 0.3 is 16.8 Å². The van der Waals surface area contributed by atoms with Crippen molar-refractivity contribution < 1.29 is 41.6 Å². The molecule has 24 heavy (non-hydrogen) atoms. The zero-order valence-electron chi connectivity index (χ0n) is 18.1. The van der Waals surface area contributed by atoms with Crippen molar-refractivity contribution in [3.05, 3.63) is 0 Å². The van der Waals surface area contributed by atoms with Crippen molar-refractivity contribution in [1.29, 1.82) is 0 Å². The second kappa shape index (κ2) is 11.7. The first-order valence-corrected chi connectivity index (χ1v) is 11.6. The Labute approximate surface area is 179 Å². The molecule has 0 bridgehead atoms. The minimum atomic E-state index is 0. The molecule has 151 valence electrons. The van der Waals surface area contributed by atoms with E-state index in [4.69, 9.17) is 0 Å². The van der Waals surface area contributed by atoms with Crippen LogP contribution in [0.3, 0.4) is 0 Å². The van der Waals surface area contributed by atoms with E-state index in [1.165, 1.54) is 18.7 Å². The van der Waals surface area contributed by atoms with E-state index in [1.54, 1.807) is 0 Å². The van der Waals surface area contributed by atoms with Gasteiger partial charge in [-0.1, -0.05) is 98.9 Å². The average Bonchev–Trinajstić information content (AvgIpc) is 2.07. The van der Waals surface area contributed by atoms with Crippen LogP contribution in [0.1, 0.15) is 89.5 Å². The molecule has 0 aromatic carbocycles. The first kappa shape index (κ1) is 33.5. The summed E-state index contributed by atoms with van der Waals surface area (Å²) in [6.07, 6.45) is 4.29. The van der Waals surface area contributed by atoms with E-state index >= 15 is 0 Å². The topological polar surface area (TPSA) is 0 Å². The molecule has 5 heteroatoms. The Hall–Kier alpha value is 1.95. The Kier molecular flexibility index (Phi) is 16.4. The van der Waals surface area contributed by atoms with Crippen molar-refractivity contribution in [2.75, 3.05) is 12.3 Å². The third-order valence-electron chi connectivity index (χ3n) is 4.00. The van der Waals surface area contributed by atoms with Crippen LogP contribution in [0.2, 0.25) is 0 Å². The van der Waals surface area contributed by atoms with Crippen LogP contribution in [0.5, 0.6) is 0 Å². The van der Waals surface area contributed by atoms with Crippen molar-refractivity contribution in [3.8, 4) is 0 Å². The van der Waals surface area contributed by atoms with Gasteiger partial charge in [-0.15, -0.1) is 0 Å². The van der Waals surface area contributed by atoms with Gasteiger partial charge in [0.15, 0.2) is 0 Å². The summed E-state index contributed by atoms with van der Waals surface area (Å²) in [4.78, 5) is 0. The Morgan fingerprint density at radius 2 is 0.625 bits per heavy atom. The van der Waals surface area contributed by atoms with Crippen molar-refractivity contribution in [2.24, 2.45) is 0 Å². The van der Waals surface area contributed by atoms with E-state index in [0.717, 1.165) is 0 Å². The van der Waals surface area contributed by atoms with E-state index in [1.807, 2.05) is 0 Å². The average molecular weight is 462 g/mol. The Morgan fingerprint density at radius 1 is 0.458 bits per heavy atom. The van der Waals surface area contributed by atoms with Gasteiger partial charge in [-0.25, -0.2) is 0 Å². The van der Waals surface area contributed by atoms with E-state index in [2.05, 4.69) is 83.1 Å². The van der Waals surface area contributed by atoms with Crippen molar-refractivity contribution in [1.82, 2.24) is 0 Å². The first-order chi connectivity index (χ1) is 8.97. The minimum absolute atomic E-state index is 0. The van der Waals surface area contributed by atoms with Crippen LogP contribution in [0.4, 0.5) is 0 Å². The zero-order chi connectivity index (χ0) is 17.3. The van der Waals surface area contributed by atoms with Gasteiger partial charge in [0.2, 0.25) is 0 Å². The van der Waals surface area contributed by atoms with Crippen molar-refractivity contribution in [3.63, 3.8) is 0 Å². The van der Waals surface area contributed by atoms with Crippen LogP contribution in [0, 0.1) is 0 Å². The fraction of sp³-hybridized carbons (Fsp3) is 1.00. The molecule has 0 rings (SSSR count). The van der Waals surface area contributed by atoms with Gasteiger partial charge in [-0.05, 0) is 39.4 Å². The largest absolute Gasteiger partial charge is 2.00 e. The maximum Gasteiger partial charge on any atom is 2.00 e. The molecule has 0 aromatic heterocycles. The predicted molar refractivity (Wildman–Crippen MR) is 107 cm³/mol. The van der Waals surface area contributed by atoms with Crippen molar-refractivity contribution >= 4 is 15.8 Å². The van der Waals surface area contributed by atoms with E-state index in [0.29, 0.717) is 20.6 Å². The normalized spacial score (nSPS) is 13.2. The molecule has 0 heterocycles. The Bertz CT molecular complexity index is 260. The van der Waals surface area contributed by atoms with Gasteiger partial charge in [0.1, 0.15) is 0 Å². The summed E-state index contributed by atoms with van der Waals surface area (Å²) in [5.41, 5.74) is 0. The molecule has 0 saturated carbocycles. The molecular formula is C19H42Cl2CoP2. The SMILES string of the molecule is CC(C)(C)P(CCCP(C(C)(C)C)C(C)(C)C)C(C)(C)C.[Cl-].[Cl-].[Co+2]. The van der Waals surface area contributed by atoms with Gasteiger partial charge in [0.05, 0.1) is 0 Å². The molecule has 0 fully saturated rings. The van der Waals surface area contributed by atoms with E-state index < -0.39 is 0 Å². The molecule has 0 unspecified atom stereocenters. The first-order valence-electron chi connectivity index (χ1n) is 8.53.